The van der Waals surface area contributed by atoms with Gasteiger partial charge in [-0.15, -0.1) is 0 Å². The standard InChI is InChI=1S/C44H53N9/c1-46-23-19-40(27-47-34-17-7-5-11-28(34)40)43-22-26-53(4)44(43,45)50-37-32(15-10-16-33(37)43)42-21-25-52(3)39(42)49-36-30(13-9-14-31(36)42)41-20-24-51(2)38(41)48-35-18-8-6-12-29(35)41/h5-18,38-39,46-50H,19-27,45H2,1-4H3/t38-,39-,40+,41-,42-,43-,44+/m1/s1. The van der Waals surface area contributed by atoms with Gasteiger partial charge in [0.05, 0.1) is 28.6 Å². The molecule has 7 N–H and O–H groups in total. The van der Waals surface area contributed by atoms with Crippen LogP contribution in [0.5, 0.6) is 0 Å². The van der Waals surface area contributed by atoms with Crippen molar-refractivity contribution in [1.29, 1.82) is 0 Å². The summed E-state index contributed by atoms with van der Waals surface area (Å²) in [5.41, 5.74) is 20.5. The topological polar surface area (TPSA) is 95.9 Å². The first-order valence-corrected chi connectivity index (χ1v) is 19.8. The average Bonchev–Trinajstić information content (AvgIpc) is 4.03. The monoisotopic (exact) mass is 707 g/mol. The second-order valence-electron chi connectivity index (χ2n) is 17.3. The Bertz CT molecular complexity index is 2170. The molecule has 0 radical (unpaired) electrons. The van der Waals surface area contributed by atoms with Gasteiger partial charge in [-0.3, -0.25) is 20.4 Å². The summed E-state index contributed by atoms with van der Waals surface area (Å²) in [6.45, 7) is 4.80. The minimum absolute atomic E-state index is 0.125. The van der Waals surface area contributed by atoms with Crippen molar-refractivity contribution in [2.24, 2.45) is 5.73 Å². The second-order valence-corrected chi connectivity index (χ2v) is 17.3. The lowest BCUT2D eigenvalue weighted by atomic mass is 9.53. The van der Waals surface area contributed by atoms with Crippen LogP contribution in [0.3, 0.4) is 0 Å². The maximum Gasteiger partial charge on any atom is 0.154 e. The summed E-state index contributed by atoms with van der Waals surface area (Å²) in [5.74, 6) is -0.758. The Kier molecular flexibility index (Phi) is 6.56. The molecule has 0 spiro atoms. The number of rotatable bonds is 6. The predicted molar refractivity (Wildman–Crippen MR) is 215 cm³/mol. The van der Waals surface area contributed by atoms with Crippen LogP contribution in [-0.2, 0) is 21.7 Å². The fraction of sp³-hybridized carbons (Fsp3) is 0.455. The molecular weight excluding hydrogens is 655 g/mol. The normalized spacial score (nSPS) is 36.1. The highest BCUT2D eigenvalue weighted by molar-refractivity contribution is 5.82. The molecule has 0 saturated carbocycles. The minimum atomic E-state index is -0.758. The number of likely N-dealkylation sites (tertiary alicyclic amines) is 3. The average molecular weight is 708 g/mol. The van der Waals surface area contributed by atoms with E-state index in [0.29, 0.717) is 0 Å². The smallest absolute Gasteiger partial charge is 0.154 e. The largest absolute Gasteiger partial charge is 0.384 e. The summed E-state index contributed by atoms with van der Waals surface area (Å²) < 4.78 is 0. The van der Waals surface area contributed by atoms with Crippen molar-refractivity contribution in [3.8, 4) is 0 Å². The third kappa shape index (κ3) is 3.58. The highest BCUT2D eigenvalue weighted by atomic mass is 15.5. The van der Waals surface area contributed by atoms with Gasteiger partial charge >= 0.3 is 0 Å². The van der Waals surface area contributed by atoms with Gasteiger partial charge in [0.15, 0.2) is 5.79 Å². The number of nitrogens with zero attached hydrogens (tertiary/aromatic N) is 3. The van der Waals surface area contributed by atoms with Gasteiger partial charge in [-0.25, -0.2) is 0 Å². The zero-order valence-electron chi connectivity index (χ0n) is 31.5. The number of para-hydroxylation sites is 4. The molecule has 9 heteroatoms. The lowest BCUT2D eigenvalue weighted by Gasteiger charge is -2.52. The van der Waals surface area contributed by atoms with E-state index in [0.717, 1.165) is 58.4 Å². The highest BCUT2D eigenvalue weighted by Gasteiger charge is 2.73. The Morgan fingerprint density at radius 2 is 1.25 bits per heavy atom. The zero-order chi connectivity index (χ0) is 36.0. The van der Waals surface area contributed by atoms with E-state index in [4.69, 9.17) is 5.73 Å². The molecule has 7 atom stereocenters. The highest BCUT2D eigenvalue weighted by Crippen LogP contribution is 2.68. The number of fused-ring (bicyclic) bond motifs is 10. The summed E-state index contributed by atoms with van der Waals surface area (Å²) in [7, 11) is 8.89. The van der Waals surface area contributed by atoms with Gasteiger partial charge in [-0.05, 0) is 106 Å². The van der Waals surface area contributed by atoms with Crippen LogP contribution in [0.1, 0.15) is 59.1 Å². The van der Waals surface area contributed by atoms with Crippen molar-refractivity contribution >= 4 is 22.7 Å². The third-order valence-electron chi connectivity index (χ3n) is 15.6. The Morgan fingerprint density at radius 1 is 0.660 bits per heavy atom. The summed E-state index contributed by atoms with van der Waals surface area (Å²) >= 11 is 0. The second kappa shape index (κ2) is 10.8. The van der Waals surface area contributed by atoms with E-state index in [1.165, 1.54) is 56.1 Å². The van der Waals surface area contributed by atoms with Crippen LogP contribution in [0.2, 0.25) is 0 Å². The molecular formula is C44H53N9. The van der Waals surface area contributed by atoms with Crippen LogP contribution in [0, 0.1) is 0 Å². The first-order valence-electron chi connectivity index (χ1n) is 19.8. The van der Waals surface area contributed by atoms with Crippen LogP contribution in [-0.4, -0.2) is 93.7 Å². The Balaban J connectivity index is 1.14. The van der Waals surface area contributed by atoms with E-state index in [-0.39, 0.29) is 34.0 Å². The van der Waals surface area contributed by atoms with Gasteiger partial charge < -0.3 is 26.6 Å². The third-order valence-corrected chi connectivity index (χ3v) is 15.6. The lowest BCUT2D eigenvalue weighted by molar-refractivity contribution is 0.0870. The van der Waals surface area contributed by atoms with Crippen molar-refractivity contribution in [1.82, 2.24) is 20.0 Å². The molecule has 4 aromatic carbocycles. The van der Waals surface area contributed by atoms with Crippen molar-refractivity contribution in [2.75, 3.05) is 82.2 Å². The fourth-order valence-electron chi connectivity index (χ4n) is 13.2. The zero-order valence-corrected chi connectivity index (χ0v) is 31.5. The van der Waals surface area contributed by atoms with Gasteiger partial charge in [0.2, 0.25) is 0 Å². The molecule has 3 fully saturated rings. The van der Waals surface area contributed by atoms with Gasteiger partial charge in [-0.2, -0.15) is 0 Å². The van der Waals surface area contributed by atoms with Crippen LogP contribution in [0.15, 0.2) is 84.9 Å². The van der Waals surface area contributed by atoms with E-state index in [1.54, 1.807) is 0 Å². The quantitative estimate of drug-likeness (QED) is 0.165. The van der Waals surface area contributed by atoms with E-state index < -0.39 is 5.79 Å². The molecule has 274 valence electrons. The van der Waals surface area contributed by atoms with Gasteiger partial charge in [0.25, 0.3) is 0 Å². The molecule has 0 amide bonds. The Hall–Kier alpha value is -4.12. The molecule has 7 aliphatic heterocycles. The molecule has 0 aromatic heterocycles. The number of hydrogen-bond acceptors (Lipinski definition) is 9. The maximum atomic E-state index is 7.96. The van der Waals surface area contributed by atoms with Gasteiger partial charge in [0.1, 0.15) is 0 Å². The van der Waals surface area contributed by atoms with Gasteiger partial charge in [0, 0.05) is 54.3 Å². The molecule has 53 heavy (non-hydrogen) atoms. The van der Waals surface area contributed by atoms with Crippen LogP contribution in [0.4, 0.5) is 22.7 Å². The Labute approximate surface area is 313 Å². The molecule has 0 bridgehead atoms. The number of nitrogens with one attached hydrogen (secondary N) is 5. The lowest BCUT2D eigenvalue weighted by Crippen LogP contribution is -2.70. The first-order chi connectivity index (χ1) is 25.8. The summed E-state index contributed by atoms with van der Waals surface area (Å²) in [6.07, 6.45) is 4.44. The van der Waals surface area contributed by atoms with Crippen molar-refractivity contribution in [3.63, 3.8) is 0 Å². The molecule has 4 aromatic rings. The van der Waals surface area contributed by atoms with E-state index in [9.17, 15) is 0 Å². The van der Waals surface area contributed by atoms with Crippen LogP contribution >= 0.6 is 0 Å². The Morgan fingerprint density at radius 3 is 1.96 bits per heavy atom. The van der Waals surface area contributed by atoms with E-state index in [2.05, 4.69) is 154 Å². The molecule has 11 rings (SSSR count). The van der Waals surface area contributed by atoms with E-state index in [1.807, 2.05) is 0 Å². The van der Waals surface area contributed by atoms with E-state index >= 15 is 0 Å². The van der Waals surface area contributed by atoms with Gasteiger partial charge in [-0.1, -0.05) is 72.8 Å². The molecule has 0 aliphatic carbocycles. The summed E-state index contributed by atoms with van der Waals surface area (Å²) in [5, 5.41) is 19.8. The SMILES string of the molecule is CNCC[C@]1([C@]23CCN(C)[C@@]2(N)Nc2c([C@]45CCN(C)[C@H]4Nc4c([C@]67CCN(C)[C@H]6Nc6ccccc67)cccc45)cccc23)CNc2ccccc21. The first kappa shape index (κ1) is 32.3. The maximum absolute atomic E-state index is 7.96. The van der Waals surface area contributed by atoms with Crippen LogP contribution in [0.25, 0.3) is 0 Å². The van der Waals surface area contributed by atoms with Crippen LogP contribution < -0.4 is 32.3 Å². The summed E-state index contributed by atoms with van der Waals surface area (Å²) in [4.78, 5) is 7.48. The number of likely N-dealkylation sites (N-methyl/N-ethyl adjacent to an activating group) is 3. The van der Waals surface area contributed by atoms with Crippen molar-refractivity contribution in [2.45, 2.75) is 65.5 Å². The molecule has 0 unspecified atom stereocenters. The number of nitrogens with two attached hydrogens (primary N) is 1. The predicted octanol–water partition coefficient (Wildman–Crippen LogP) is 5.02. The molecule has 9 nitrogen and oxygen atoms in total. The van der Waals surface area contributed by atoms with Crippen molar-refractivity contribution < 1.29 is 0 Å². The fourth-order valence-corrected chi connectivity index (χ4v) is 13.2. The number of anilines is 4. The minimum Gasteiger partial charge on any atom is -0.384 e. The summed E-state index contributed by atoms with van der Waals surface area (Å²) in [6, 6.07) is 32.4. The number of hydrogen-bond donors (Lipinski definition) is 6. The molecule has 3 saturated heterocycles. The van der Waals surface area contributed by atoms with Crippen molar-refractivity contribution in [3.05, 3.63) is 118 Å². The molecule has 7 heterocycles. The molecule has 7 aliphatic rings. The number of benzene rings is 4.